The molecule has 16 nitrogen and oxygen atoms in total. The van der Waals surface area contributed by atoms with E-state index in [1.165, 1.54) is 12.1 Å². The fourth-order valence-electron chi connectivity index (χ4n) is 4.37. The number of carbonyl (C=O) groups is 1. The van der Waals surface area contributed by atoms with Crippen LogP contribution in [0.5, 0.6) is 0 Å². The number of halogens is 4. The van der Waals surface area contributed by atoms with Gasteiger partial charge in [0.15, 0.2) is 0 Å². The number of nitrogens with zero attached hydrogens (tertiary/aromatic N) is 4. The largest absolute Gasteiger partial charge is 1.00 e. The molecule has 0 unspecified atom stereocenters. The summed E-state index contributed by atoms with van der Waals surface area (Å²) in [7, 11) is 0. The van der Waals surface area contributed by atoms with Crippen LogP contribution < -0.4 is 129 Å². The first-order valence-corrected chi connectivity index (χ1v) is 16.4. The van der Waals surface area contributed by atoms with Crippen molar-refractivity contribution in [1.82, 2.24) is 5.32 Å². The summed E-state index contributed by atoms with van der Waals surface area (Å²) in [6.07, 6.45) is 0. The number of anilines is 3. The van der Waals surface area contributed by atoms with E-state index in [0.29, 0.717) is 28.9 Å². The summed E-state index contributed by atoms with van der Waals surface area (Å²) in [4.78, 5) is 35.1. The Labute approximate surface area is 407 Å². The Bertz CT molecular complexity index is 1540. The minimum absolute atomic E-state index is 0. The molecule has 53 heavy (non-hydrogen) atoms. The SMILES string of the molecule is C1COCCN1.Nc1ccc(N2CCOCC2)c(Cl)c1.O=CO[O-].O=[N+]([O-])c1ccc(F)c(Cl)c1.O=[N+]([O-])c1ccc(N2CCOCC2)c(Cl)c1.[H-].[K+].[K+]. The van der Waals surface area contributed by atoms with E-state index in [9.17, 15) is 24.6 Å². The summed E-state index contributed by atoms with van der Waals surface area (Å²) >= 11 is 17.4. The number of nitro benzene ring substituents is 2. The van der Waals surface area contributed by atoms with Gasteiger partial charge in [0.2, 0.25) is 0 Å². The van der Waals surface area contributed by atoms with E-state index >= 15 is 0 Å². The number of rotatable bonds is 5. The first kappa shape index (κ1) is 52.2. The molecular formula is C31H38Cl3FK2N6O10. The van der Waals surface area contributed by atoms with E-state index in [0.717, 1.165) is 95.3 Å². The third-order valence-corrected chi connectivity index (χ3v) is 7.71. The number of hydrogen-bond acceptors (Lipinski definition) is 14. The molecule has 0 spiro atoms. The van der Waals surface area contributed by atoms with Crippen LogP contribution in [0.2, 0.25) is 15.1 Å². The van der Waals surface area contributed by atoms with Crippen LogP contribution in [0.1, 0.15) is 1.43 Å². The molecule has 3 aliphatic heterocycles. The zero-order chi connectivity index (χ0) is 37.6. The van der Waals surface area contributed by atoms with Crippen LogP contribution in [0.4, 0.5) is 32.8 Å². The molecule has 22 heteroatoms. The third kappa shape index (κ3) is 20.8. The first-order valence-electron chi connectivity index (χ1n) is 15.2. The van der Waals surface area contributed by atoms with Crippen molar-refractivity contribution in [3.05, 3.63) is 95.7 Å². The van der Waals surface area contributed by atoms with E-state index in [4.69, 9.17) is 64.8 Å². The number of hydrogen-bond donors (Lipinski definition) is 2. The number of morpholine rings is 3. The van der Waals surface area contributed by atoms with Gasteiger partial charge >= 0.3 is 103 Å². The molecule has 3 fully saturated rings. The molecule has 6 rings (SSSR count). The minimum atomic E-state index is -0.655. The molecule has 0 aromatic heterocycles. The molecule has 0 saturated carbocycles. The normalized spacial score (nSPS) is 14.5. The van der Waals surface area contributed by atoms with E-state index in [1.807, 2.05) is 12.1 Å². The summed E-state index contributed by atoms with van der Waals surface area (Å²) in [5.74, 6) is -0.655. The summed E-state index contributed by atoms with van der Waals surface area (Å²) in [5.41, 5.74) is 8.01. The van der Waals surface area contributed by atoms with Crippen molar-refractivity contribution < 1.29 is 148 Å². The quantitative estimate of drug-likeness (QED) is 0.0740. The maximum atomic E-state index is 12.4. The van der Waals surface area contributed by atoms with Crippen molar-refractivity contribution >= 4 is 69.7 Å². The topological polar surface area (TPSA) is 208 Å². The summed E-state index contributed by atoms with van der Waals surface area (Å²) < 4.78 is 27.9. The Morgan fingerprint density at radius 3 is 1.47 bits per heavy atom. The molecule has 3 N–H and O–H groups in total. The number of nitrogens with one attached hydrogen (secondary N) is 1. The number of non-ortho nitro benzene ring substituents is 2. The molecule has 3 aliphatic rings. The molecule has 3 aromatic carbocycles. The smallest absolute Gasteiger partial charge is 1.00 e. The fraction of sp³-hybridized carbons (Fsp3) is 0.387. The number of nitrogens with two attached hydrogens (primary N) is 1. The molecule has 0 amide bonds. The average Bonchev–Trinajstić information content (AvgIpc) is 3.15. The second-order valence-electron chi connectivity index (χ2n) is 10.2. The van der Waals surface area contributed by atoms with Gasteiger partial charge in [-0.1, -0.05) is 34.8 Å². The fourth-order valence-corrected chi connectivity index (χ4v) is 5.15. The van der Waals surface area contributed by atoms with E-state index in [-0.39, 0.29) is 127 Å². The number of nitro groups is 2. The Balaban J connectivity index is 0. The van der Waals surface area contributed by atoms with Crippen molar-refractivity contribution in [2.75, 3.05) is 94.4 Å². The number of ether oxygens (including phenoxy) is 3. The Morgan fingerprint density at radius 1 is 0.736 bits per heavy atom. The van der Waals surface area contributed by atoms with E-state index < -0.39 is 15.7 Å². The summed E-state index contributed by atoms with van der Waals surface area (Å²) in [5, 5.41) is 33.1. The molecule has 0 radical (unpaired) electrons. The van der Waals surface area contributed by atoms with E-state index in [1.54, 1.807) is 12.1 Å². The maximum Gasteiger partial charge on any atom is 1.00 e. The first-order chi connectivity index (χ1) is 24.5. The molecule has 3 heterocycles. The van der Waals surface area contributed by atoms with Crippen LogP contribution in [-0.2, 0) is 23.9 Å². The molecule has 3 aromatic rings. The van der Waals surface area contributed by atoms with Crippen LogP contribution in [0.25, 0.3) is 0 Å². The van der Waals surface area contributed by atoms with Crippen molar-refractivity contribution in [2.45, 2.75) is 0 Å². The van der Waals surface area contributed by atoms with Gasteiger partial charge in [-0.2, -0.15) is 0 Å². The molecule has 282 valence electrons. The zero-order valence-corrected chi connectivity index (χ0v) is 37.7. The van der Waals surface area contributed by atoms with Gasteiger partial charge in [0.25, 0.3) is 17.8 Å². The summed E-state index contributed by atoms with van der Waals surface area (Å²) in [6, 6.07) is 13.1. The Morgan fingerprint density at radius 2 is 1.13 bits per heavy atom. The second kappa shape index (κ2) is 30.4. The van der Waals surface area contributed by atoms with E-state index in [2.05, 4.69) is 20.0 Å². The molecule has 3 saturated heterocycles. The predicted molar refractivity (Wildman–Crippen MR) is 190 cm³/mol. The number of nitrogen functional groups attached to an aromatic ring is 1. The average molecular weight is 858 g/mol. The van der Waals surface area contributed by atoms with Gasteiger partial charge in [-0.25, -0.2) is 4.39 Å². The third-order valence-electron chi connectivity index (χ3n) is 6.82. The van der Waals surface area contributed by atoms with Crippen molar-refractivity contribution in [3.63, 3.8) is 0 Å². The van der Waals surface area contributed by atoms with Crippen LogP contribution in [0.15, 0.2) is 54.6 Å². The van der Waals surface area contributed by atoms with Gasteiger partial charge < -0.3 is 46.6 Å². The van der Waals surface area contributed by atoms with Gasteiger partial charge in [0.1, 0.15) is 5.82 Å². The van der Waals surface area contributed by atoms with Gasteiger partial charge in [-0.3, -0.25) is 25.0 Å². The summed E-state index contributed by atoms with van der Waals surface area (Å²) in [6.45, 7) is 9.81. The van der Waals surface area contributed by atoms with Crippen molar-refractivity contribution in [2.24, 2.45) is 0 Å². The van der Waals surface area contributed by atoms with Crippen LogP contribution in [0.3, 0.4) is 0 Å². The molecule has 0 aliphatic carbocycles. The van der Waals surface area contributed by atoms with Crippen LogP contribution >= 0.6 is 34.8 Å². The second-order valence-corrected chi connectivity index (χ2v) is 11.4. The number of benzene rings is 3. The van der Waals surface area contributed by atoms with Gasteiger partial charge in [0.05, 0.1) is 75.9 Å². The maximum absolute atomic E-state index is 12.4. The van der Waals surface area contributed by atoms with Gasteiger partial charge in [-0.05, 0) is 30.3 Å². The van der Waals surface area contributed by atoms with Crippen molar-refractivity contribution in [1.29, 1.82) is 0 Å². The van der Waals surface area contributed by atoms with Crippen molar-refractivity contribution in [3.8, 4) is 0 Å². The van der Waals surface area contributed by atoms with Gasteiger partial charge in [-0.15, -0.1) is 0 Å². The molecule has 0 bridgehead atoms. The van der Waals surface area contributed by atoms with Gasteiger partial charge in [0, 0.05) is 69.2 Å². The molecule has 0 atom stereocenters. The monoisotopic (exact) mass is 856 g/mol. The van der Waals surface area contributed by atoms with Crippen LogP contribution in [-0.4, -0.2) is 95.2 Å². The predicted octanol–water partition coefficient (Wildman–Crippen LogP) is -1.61. The Hall–Kier alpha value is -0.797. The number of carbonyl (C=O) groups excluding carboxylic acids is 1. The molecular weight excluding hydrogens is 820 g/mol. The van der Waals surface area contributed by atoms with Crippen LogP contribution in [0, 0.1) is 26.0 Å². The standard InChI is InChI=1S/C10H11ClN2O3.C10H13ClN2O.C6H3ClFNO2.C4H9NO.CH2O3.2K.H/c11-9-7-8(13(14)15)1-2-10(9)12-3-5-16-6-4-12;11-9-7-8(12)1-2-10(9)13-3-5-14-6-4-13;7-5-3-4(9(10)11)1-2-6(5)8;1-3-6-4-2-5-1;2-1-4-3;;;/h1-2,7H,3-6H2;1-2,7H,3-6,12H2;1-3H;5H,1-4H2;1,3H;;;/q;;;;;2*+1;-1/p-1. The minimum Gasteiger partial charge on any atom is -1.00 e. The zero-order valence-electron chi connectivity index (χ0n) is 30.2. The Kier molecular flexibility index (Phi) is 29.9.